The molecule has 5 atom stereocenters. The third-order valence-electron chi connectivity index (χ3n) is 10.5. The van der Waals surface area contributed by atoms with E-state index in [0.717, 1.165) is 10.9 Å². The van der Waals surface area contributed by atoms with Crippen LogP contribution in [0.15, 0.2) is 67.3 Å². The van der Waals surface area contributed by atoms with Gasteiger partial charge in [-0.05, 0) is 68.4 Å². The first kappa shape index (κ1) is 38.1. The third-order valence-corrected chi connectivity index (χ3v) is 12.3. The predicted octanol–water partition coefficient (Wildman–Crippen LogP) is 4.23. The normalized spacial score (nSPS) is 26.6. The fourth-order valence-corrected chi connectivity index (χ4v) is 8.60. The molecule has 2 aromatic carbocycles. The van der Waals surface area contributed by atoms with E-state index in [1.54, 1.807) is 40.7 Å². The first-order chi connectivity index (χ1) is 25.9. The van der Waals surface area contributed by atoms with Crippen molar-refractivity contribution in [1.82, 2.24) is 25.2 Å². The zero-order valence-electron chi connectivity index (χ0n) is 31.6. The van der Waals surface area contributed by atoms with Gasteiger partial charge in [-0.25, -0.2) is 18.2 Å². The maximum Gasteiger partial charge on any atom is 0.407 e. The number of alkyl carbamates (subject to hydrolysis) is 1. The van der Waals surface area contributed by atoms with Crippen molar-refractivity contribution in [2.75, 3.05) is 13.2 Å². The largest absolute Gasteiger partial charge is 0.484 e. The Labute approximate surface area is 320 Å². The molecule has 3 heterocycles. The van der Waals surface area contributed by atoms with Gasteiger partial charge in [0.25, 0.3) is 5.91 Å². The van der Waals surface area contributed by atoms with Crippen LogP contribution in [0.25, 0.3) is 22.0 Å². The van der Waals surface area contributed by atoms with Gasteiger partial charge in [0.1, 0.15) is 41.7 Å². The van der Waals surface area contributed by atoms with E-state index in [9.17, 15) is 27.6 Å². The van der Waals surface area contributed by atoms with E-state index in [2.05, 4.69) is 21.9 Å². The number of para-hydroxylation sites is 1. The predicted molar refractivity (Wildman–Crippen MR) is 203 cm³/mol. The minimum Gasteiger partial charge on any atom is -0.484 e. The molecular weight excluding hydrogens is 727 g/mol. The lowest BCUT2D eigenvalue weighted by molar-refractivity contribution is -0.142. The summed E-state index contributed by atoms with van der Waals surface area (Å²) < 4.78 is 46.2. The summed E-state index contributed by atoms with van der Waals surface area (Å²) >= 11 is 0. The highest BCUT2D eigenvalue weighted by Gasteiger charge is 2.62. The van der Waals surface area contributed by atoms with Gasteiger partial charge in [-0.3, -0.25) is 19.1 Å². The fourth-order valence-electron chi connectivity index (χ4n) is 7.24. The number of ether oxygens (including phenoxy) is 3. The summed E-state index contributed by atoms with van der Waals surface area (Å²) in [5.41, 5.74) is -1.33. The molecule has 1 saturated heterocycles. The summed E-state index contributed by atoms with van der Waals surface area (Å²) in [7, 11) is -3.91. The van der Waals surface area contributed by atoms with E-state index in [-0.39, 0.29) is 31.9 Å². The number of sulfonamides is 1. The lowest BCUT2D eigenvalue weighted by Crippen LogP contribution is -2.60. The number of carbonyl (C=O) groups excluding carboxylic acids is 4. The van der Waals surface area contributed by atoms with E-state index < -0.39 is 79.7 Å². The number of pyridine rings is 1. The van der Waals surface area contributed by atoms with E-state index in [1.165, 1.54) is 11.0 Å². The number of fused-ring (bicyclic) bond motifs is 7. The van der Waals surface area contributed by atoms with Crippen LogP contribution in [0.4, 0.5) is 4.79 Å². The highest BCUT2D eigenvalue weighted by molar-refractivity contribution is 7.91. The molecule has 2 saturated carbocycles. The minimum absolute atomic E-state index is 0.000989. The van der Waals surface area contributed by atoms with Gasteiger partial charge >= 0.3 is 6.09 Å². The smallest absolute Gasteiger partial charge is 0.407 e. The van der Waals surface area contributed by atoms with Crippen molar-refractivity contribution in [1.29, 1.82) is 0 Å². The number of nitrogens with one attached hydrogen (secondary N) is 3. The topological polar surface area (TPSA) is 182 Å². The average molecular weight is 774 g/mol. The number of cyclic esters (lactones) is 1. The van der Waals surface area contributed by atoms with Crippen molar-refractivity contribution in [2.24, 2.45) is 11.3 Å². The summed E-state index contributed by atoms with van der Waals surface area (Å²) in [5, 5.41) is 5.74. The first-order valence-corrected chi connectivity index (χ1v) is 20.0. The summed E-state index contributed by atoms with van der Waals surface area (Å²) in [4.78, 5) is 62.1. The molecule has 3 fully saturated rings. The number of amides is 4. The number of carbonyl (C=O) groups is 4. The Kier molecular flexibility index (Phi) is 9.59. The van der Waals surface area contributed by atoms with E-state index >= 15 is 0 Å². The molecular formula is C40H47N5O9S. The van der Waals surface area contributed by atoms with Gasteiger partial charge in [-0.15, -0.1) is 6.58 Å². The molecule has 15 heteroatoms. The van der Waals surface area contributed by atoms with Gasteiger partial charge in [-0.2, -0.15) is 0 Å². The zero-order valence-corrected chi connectivity index (χ0v) is 32.4. The Hall–Kier alpha value is -5.18. The third kappa shape index (κ3) is 7.84. The SMILES string of the molecule is C=C[C@@H]1CC1(NC(=O)[C@@H]1CC2CN1C(=O)[C@H](C(C)(C)C)NC(=O)OCC(C)(C)Oc1cccc(c1)-c1cc3ccccc3nc1O2)C(=O)NS(=O)(=O)C1CC1. The van der Waals surface area contributed by atoms with Gasteiger partial charge in [-0.1, -0.05) is 57.2 Å². The molecule has 3 aromatic rings. The number of hydrogen-bond donors (Lipinski definition) is 3. The lowest BCUT2D eigenvalue weighted by Gasteiger charge is -2.35. The first-order valence-electron chi connectivity index (χ1n) is 18.5. The quantitative estimate of drug-likeness (QED) is 0.307. The lowest BCUT2D eigenvalue weighted by atomic mass is 9.85. The number of aromatic nitrogens is 1. The van der Waals surface area contributed by atoms with E-state index in [4.69, 9.17) is 19.2 Å². The Morgan fingerprint density at radius 2 is 1.82 bits per heavy atom. The van der Waals surface area contributed by atoms with Crippen LogP contribution in [-0.4, -0.2) is 89.8 Å². The standard InChI is InChI=1S/C40H47N5O9S/c1-7-25-20-40(25,36(48)44-55(50,51)28-15-16-28)43-33(46)31-19-27-21-45(31)35(47)32(38(2,3)4)42-37(49)52-22-39(5,6)54-26-13-10-12-23(17-26)29-18-24-11-8-9-14-30(24)41-34(29)53-27/h7-14,17-18,25,27-28,31-32H,1,15-16,19-22H2,2-6H3,(H,42,49)(H,43,46)(H,44,48)/t25-,27?,31+,32-,40?/m1/s1. The second kappa shape index (κ2) is 13.8. The van der Waals surface area contributed by atoms with Crippen LogP contribution in [0.5, 0.6) is 11.6 Å². The molecule has 292 valence electrons. The minimum atomic E-state index is -3.91. The van der Waals surface area contributed by atoms with Crippen molar-refractivity contribution in [2.45, 2.75) is 94.9 Å². The molecule has 4 bridgehead atoms. The van der Waals surface area contributed by atoms with Crippen LogP contribution in [0.2, 0.25) is 0 Å². The van der Waals surface area contributed by atoms with Crippen LogP contribution in [-0.2, 0) is 29.1 Å². The molecule has 14 nitrogen and oxygen atoms in total. The molecule has 4 aliphatic rings. The van der Waals surface area contributed by atoms with Gasteiger partial charge in [0.15, 0.2) is 0 Å². The molecule has 0 radical (unpaired) electrons. The molecule has 55 heavy (non-hydrogen) atoms. The summed E-state index contributed by atoms with van der Waals surface area (Å²) in [5.74, 6) is -1.84. The van der Waals surface area contributed by atoms with Crippen molar-refractivity contribution < 1.29 is 41.8 Å². The van der Waals surface area contributed by atoms with Crippen molar-refractivity contribution in [3.8, 4) is 22.8 Å². The highest BCUT2D eigenvalue weighted by atomic mass is 32.2. The van der Waals surface area contributed by atoms with Crippen molar-refractivity contribution in [3.05, 3.63) is 67.3 Å². The van der Waals surface area contributed by atoms with Crippen molar-refractivity contribution in [3.63, 3.8) is 0 Å². The molecule has 2 aliphatic heterocycles. The summed E-state index contributed by atoms with van der Waals surface area (Å²) in [6.45, 7) is 12.5. The second-order valence-electron chi connectivity index (χ2n) is 16.6. The Morgan fingerprint density at radius 3 is 2.51 bits per heavy atom. The Bertz CT molecular complexity index is 2180. The number of hydrogen-bond acceptors (Lipinski definition) is 10. The molecule has 7 rings (SSSR count). The van der Waals surface area contributed by atoms with Gasteiger partial charge < -0.3 is 29.7 Å². The zero-order chi connectivity index (χ0) is 39.5. The molecule has 2 aliphatic carbocycles. The van der Waals surface area contributed by atoms with Crippen LogP contribution in [0.3, 0.4) is 0 Å². The number of rotatable bonds is 6. The van der Waals surface area contributed by atoms with Gasteiger partial charge in [0, 0.05) is 23.3 Å². The van der Waals surface area contributed by atoms with E-state index in [0.29, 0.717) is 29.7 Å². The molecule has 2 unspecified atom stereocenters. The maximum absolute atomic E-state index is 14.6. The highest BCUT2D eigenvalue weighted by Crippen LogP contribution is 2.46. The number of nitrogens with zero attached hydrogens (tertiary/aromatic N) is 2. The summed E-state index contributed by atoms with van der Waals surface area (Å²) in [6, 6.07) is 14.6. The monoisotopic (exact) mass is 773 g/mol. The van der Waals surface area contributed by atoms with Crippen LogP contribution >= 0.6 is 0 Å². The van der Waals surface area contributed by atoms with E-state index in [1.807, 2.05) is 48.5 Å². The number of benzene rings is 2. The second-order valence-corrected chi connectivity index (χ2v) is 18.6. The average Bonchev–Trinajstić information content (AvgIpc) is 4.05. The fraction of sp³-hybridized carbons (Fsp3) is 0.475. The van der Waals surface area contributed by atoms with Crippen LogP contribution < -0.4 is 24.8 Å². The summed E-state index contributed by atoms with van der Waals surface area (Å²) in [6.07, 6.45) is 0.934. The molecule has 1 aromatic heterocycles. The van der Waals surface area contributed by atoms with Gasteiger partial charge in [0.05, 0.1) is 17.3 Å². The van der Waals surface area contributed by atoms with Crippen LogP contribution in [0.1, 0.15) is 60.3 Å². The molecule has 3 N–H and O–H groups in total. The van der Waals surface area contributed by atoms with Crippen LogP contribution in [0, 0.1) is 11.3 Å². The Balaban J connectivity index is 1.28. The van der Waals surface area contributed by atoms with Gasteiger partial charge in [0.2, 0.25) is 27.7 Å². The molecule has 4 amide bonds. The molecule has 0 spiro atoms. The van der Waals surface area contributed by atoms with Crippen molar-refractivity contribution >= 4 is 44.7 Å². The maximum atomic E-state index is 14.6. The Morgan fingerprint density at radius 1 is 1.07 bits per heavy atom.